The molecule has 0 aliphatic carbocycles. The number of amides is 3. The second kappa shape index (κ2) is 8.55. The van der Waals surface area contributed by atoms with Crippen LogP contribution in [0.25, 0.3) is 0 Å². The number of carbonyl (C=O) groups is 4. The lowest BCUT2D eigenvalue weighted by Gasteiger charge is -2.21. The Morgan fingerprint density at radius 1 is 1.00 bits per heavy atom. The average Bonchev–Trinajstić information content (AvgIpc) is 3.39. The number of pyridine rings is 1. The highest BCUT2D eigenvalue weighted by molar-refractivity contribution is 6.21. The van der Waals surface area contributed by atoms with E-state index in [0.29, 0.717) is 6.54 Å². The average molecular weight is 455 g/mol. The van der Waals surface area contributed by atoms with Gasteiger partial charge in [-0.15, -0.1) is 0 Å². The molecular weight excluding hydrogens is 434 g/mol. The van der Waals surface area contributed by atoms with Gasteiger partial charge in [0.2, 0.25) is 0 Å². The fraction of sp³-hybridized carbons (Fsp3) is 0.192. The molecule has 1 atom stereocenters. The van der Waals surface area contributed by atoms with Crippen LogP contribution in [-0.2, 0) is 22.5 Å². The molecule has 0 saturated carbocycles. The molecule has 0 saturated heterocycles. The fourth-order valence-corrected chi connectivity index (χ4v) is 4.30. The molecule has 3 aromatic rings. The minimum atomic E-state index is -1.01. The molecule has 0 radical (unpaired) electrons. The highest BCUT2D eigenvalue weighted by Gasteiger charge is 2.36. The van der Waals surface area contributed by atoms with E-state index in [-0.39, 0.29) is 29.1 Å². The van der Waals surface area contributed by atoms with E-state index in [1.807, 2.05) is 24.3 Å². The summed E-state index contributed by atoms with van der Waals surface area (Å²) in [6, 6.07) is 15.3. The largest absolute Gasteiger partial charge is 0.449 e. The SMILES string of the molecule is C[C@H](OC(=O)c1ccc2c(c1)C(=O)N(Cc1ccncc1)C2=O)C(=O)N1CCc2ccccc21. The summed E-state index contributed by atoms with van der Waals surface area (Å²) in [5.74, 6) is -1.95. The normalized spacial score (nSPS) is 15.2. The maximum absolute atomic E-state index is 12.9. The summed E-state index contributed by atoms with van der Waals surface area (Å²) in [4.78, 5) is 58.0. The zero-order valence-electron chi connectivity index (χ0n) is 18.4. The first-order valence-electron chi connectivity index (χ1n) is 10.9. The summed E-state index contributed by atoms with van der Waals surface area (Å²) in [6.07, 6.45) is 2.92. The molecule has 0 N–H and O–H groups in total. The molecule has 0 fully saturated rings. The number of carbonyl (C=O) groups excluding carboxylic acids is 4. The Kier molecular flexibility index (Phi) is 5.41. The Morgan fingerprint density at radius 2 is 1.74 bits per heavy atom. The van der Waals surface area contributed by atoms with Gasteiger partial charge in [-0.3, -0.25) is 24.3 Å². The maximum atomic E-state index is 12.9. The molecule has 2 aromatic carbocycles. The van der Waals surface area contributed by atoms with Crippen LogP contribution in [0.4, 0.5) is 5.69 Å². The lowest BCUT2D eigenvalue weighted by Crippen LogP contribution is -2.39. The van der Waals surface area contributed by atoms with Gasteiger partial charge in [-0.25, -0.2) is 4.79 Å². The zero-order chi connectivity index (χ0) is 23.8. The van der Waals surface area contributed by atoms with E-state index in [4.69, 9.17) is 4.74 Å². The first-order valence-corrected chi connectivity index (χ1v) is 10.9. The van der Waals surface area contributed by atoms with Crippen molar-refractivity contribution in [1.82, 2.24) is 9.88 Å². The zero-order valence-corrected chi connectivity index (χ0v) is 18.4. The van der Waals surface area contributed by atoms with Gasteiger partial charge in [-0.1, -0.05) is 18.2 Å². The summed E-state index contributed by atoms with van der Waals surface area (Å²) in [5, 5.41) is 0. The molecule has 0 bridgehead atoms. The number of aromatic nitrogens is 1. The van der Waals surface area contributed by atoms with Crippen LogP contribution in [0.2, 0.25) is 0 Å². The van der Waals surface area contributed by atoms with Crippen molar-refractivity contribution in [2.45, 2.75) is 26.0 Å². The third kappa shape index (κ3) is 3.73. The Hall–Kier alpha value is -4.33. The van der Waals surface area contributed by atoms with Crippen molar-refractivity contribution in [2.75, 3.05) is 11.4 Å². The van der Waals surface area contributed by atoms with E-state index in [1.54, 1.807) is 29.4 Å². The van der Waals surface area contributed by atoms with Crippen molar-refractivity contribution in [1.29, 1.82) is 0 Å². The van der Waals surface area contributed by atoms with Crippen LogP contribution in [-0.4, -0.2) is 46.2 Å². The fourth-order valence-electron chi connectivity index (χ4n) is 4.30. The molecule has 34 heavy (non-hydrogen) atoms. The van der Waals surface area contributed by atoms with Crippen molar-refractivity contribution in [3.63, 3.8) is 0 Å². The number of para-hydroxylation sites is 1. The number of fused-ring (bicyclic) bond motifs is 2. The Balaban J connectivity index is 1.30. The van der Waals surface area contributed by atoms with E-state index in [0.717, 1.165) is 28.1 Å². The maximum Gasteiger partial charge on any atom is 0.338 e. The van der Waals surface area contributed by atoms with Crippen LogP contribution in [0.15, 0.2) is 67.0 Å². The predicted molar refractivity (Wildman–Crippen MR) is 122 cm³/mol. The first kappa shape index (κ1) is 21.5. The van der Waals surface area contributed by atoms with E-state index in [1.165, 1.54) is 25.1 Å². The van der Waals surface area contributed by atoms with Gasteiger partial charge < -0.3 is 9.64 Å². The van der Waals surface area contributed by atoms with Gasteiger partial charge in [0.25, 0.3) is 17.7 Å². The third-order valence-corrected chi connectivity index (χ3v) is 6.08. The summed E-state index contributed by atoms with van der Waals surface area (Å²) in [5.41, 5.74) is 3.14. The quantitative estimate of drug-likeness (QED) is 0.433. The van der Waals surface area contributed by atoms with Gasteiger partial charge in [0, 0.05) is 24.6 Å². The smallest absolute Gasteiger partial charge is 0.338 e. The molecular formula is C26H21N3O5. The number of benzene rings is 2. The van der Waals surface area contributed by atoms with Crippen LogP contribution >= 0.6 is 0 Å². The van der Waals surface area contributed by atoms with Gasteiger partial charge in [0.1, 0.15) is 0 Å². The number of nitrogens with zero attached hydrogens (tertiary/aromatic N) is 3. The van der Waals surface area contributed by atoms with Crippen molar-refractivity contribution < 1.29 is 23.9 Å². The Bertz CT molecular complexity index is 1320. The summed E-state index contributed by atoms with van der Waals surface area (Å²) in [6.45, 7) is 2.17. The summed E-state index contributed by atoms with van der Waals surface area (Å²) in [7, 11) is 0. The third-order valence-electron chi connectivity index (χ3n) is 6.08. The molecule has 8 heteroatoms. The number of rotatable bonds is 5. The van der Waals surface area contributed by atoms with Crippen molar-refractivity contribution in [3.05, 3.63) is 94.8 Å². The number of anilines is 1. The van der Waals surface area contributed by atoms with Gasteiger partial charge >= 0.3 is 5.97 Å². The molecule has 3 amide bonds. The minimum absolute atomic E-state index is 0.104. The second-order valence-electron chi connectivity index (χ2n) is 8.23. The molecule has 3 heterocycles. The van der Waals surface area contributed by atoms with Gasteiger partial charge in [0.15, 0.2) is 6.10 Å². The number of imide groups is 1. The first-order chi connectivity index (χ1) is 16.4. The molecule has 1 aromatic heterocycles. The minimum Gasteiger partial charge on any atom is -0.449 e. The summed E-state index contributed by atoms with van der Waals surface area (Å²) < 4.78 is 5.42. The Morgan fingerprint density at radius 3 is 2.53 bits per heavy atom. The van der Waals surface area contributed by atoms with E-state index in [2.05, 4.69) is 4.98 Å². The molecule has 0 unspecified atom stereocenters. The summed E-state index contributed by atoms with van der Waals surface area (Å²) >= 11 is 0. The van der Waals surface area contributed by atoms with Crippen molar-refractivity contribution >= 4 is 29.4 Å². The molecule has 0 spiro atoms. The number of hydrogen-bond acceptors (Lipinski definition) is 6. The molecule has 8 nitrogen and oxygen atoms in total. The van der Waals surface area contributed by atoms with Crippen LogP contribution in [0, 0.1) is 0 Å². The van der Waals surface area contributed by atoms with Crippen molar-refractivity contribution in [3.8, 4) is 0 Å². The van der Waals surface area contributed by atoms with Crippen LogP contribution < -0.4 is 4.90 Å². The molecule has 2 aliphatic heterocycles. The van der Waals surface area contributed by atoms with E-state index >= 15 is 0 Å². The van der Waals surface area contributed by atoms with Gasteiger partial charge in [0.05, 0.1) is 23.2 Å². The lowest BCUT2D eigenvalue weighted by atomic mass is 10.1. The van der Waals surface area contributed by atoms with E-state index in [9.17, 15) is 19.2 Å². The molecule has 5 rings (SSSR count). The lowest BCUT2D eigenvalue weighted by molar-refractivity contribution is -0.126. The molecule has 2 aliphatic rings. The van der Waals surface area contributed by atoms with Gasteiger partial charge in [-0.2, -0.15) is 0 Å². The Labute approximate surface area is 195 Å². The van der Waals surface area contributed by atoms with E-state index < -0.39 is 23.9 Å². The highest BCUT2D eigenvalue weighted by Crippen LogP contribution is 2.29. The van der Waals surface area contributed by atoms with Crippen LogP contribution in [0.3, 0.4) is 0 Å². The topological polar surface area (TPSA) is 96.9 Å². The number of esters is 1. The highest BCUT2D eigenvalue weighted by atomic mass is 16.5. The second-order valence-corrected chi connectivity index (χ2v) is 8.23. The monoisotopic (exact) mass is 455 g/mol. The van der Waals surface area contributed by atoms with Crippen molar-refractivity contribution in [2.24, 2.45) is 0 Å². The standard InChI is InChI=1S/C26H21N3O5/c1-16(23(30)28-13-10-18-4-2-3-5-22(18)28)34-26(33)19-6-7-20-21(14-19)25(32)29(24(20)31)15-17-8-11-27-12-9-17/h2-9,11-12,14,16H,10,13,15H2,1H3/t16-/m0/s1. The van der Waals surface area contributed by atoms with Crippen LogP contribution in [0.1, 0.15) is 49.1 Å². The number of hydrogen-bond donors (Lipinski definition) is 0. The van der Waals surface area contributed by atoms with Crippen LogP contribution in [0.5, 0.6) is 0 Å². The predicted octanol–water partition coefficient (Wildman–Crippen LogP) is 3.01. The number of ether oxygens (including phenoxy) is 1. The molecule has 170 valence electrons. The van der Waals surface area contributed by atoms with Gasteiger partial charge in [-0.05, 0) is 60.9 Å².